The van der Waals surface area contributed by atoms with E-state index in [1.807, 2.05) is 60.7 Å². The highest BCUT2D eigenvalue weighted by Gasteiger charge is 2.31. The standard InChI is InChI=1S/C25H30N2O7/c1-17(23(29)32-2)14-21(24(30)33-3)26-22(28)20(15-18-10-6-4-7-11-18)27-25(31)34-16-19-12-8-5-9-13-19/h4-13,17,20-21H,14-16H2,1-3H3,(H,26,28)(H,27,31)/t17-,20+,21+/m0/s1. The van der Waals surface area contributed by atoms with Crippen LogP contribution in [0.5, 0.6) is 0 Å². The maximum Gasteiger partial charge on any atom is 0.408 e. The van der Waals surface area contributed by atoms with Gasteiger partial charge in [0.15, 0.2) is 0 Å². The second-order valence-electron chi connectivity index (χ2n) is 7.69. The van der Waals surface area contributed by atoms with Gasteiger partial charge >= 0.3 is 18.0 Å². The van der Waals surface area contributed by atoms with E-state index in [-0.39, 0.29) is 19.4 Å². The molecule has 0 fully saturated rings. The molecule has 3 atom stereocenters. The van der Waals surface area contributed by atoms with E-state index in [1.54, 1.807) is 6.92 Å². The molecule has 9 nitrogen and oxygen atoms in total. The third-order valence-electron chi connectivity index (χ3n) is 5.10. The van der Waals surface area contributed by atoms with Gasteiger partial charge in [-0.25, -0.2) is 9.59 Å². The van der Waals surface area contributed by atoms with Crippen LogP contribution < -0.4 is 10.6 Å². The molecule has 0 unspecified atom stereocenters. The molecule has 0 aliphatic carbocycles. The van der Waals surface area contributed by atoms with Crippen molar-refractivity contribution in [1.82, 2.24) is 10.6 Å². The van der Waals surface area contributed by atoms with E-state index < -0.39 is 41.9 Å². The Bertz CT molecular complexity index is 950. The summed E-state index contributed by atoms with van der Waals surface area (Å²) in [7, 11) is 2.43. The molecule has 0 spiro atoms. The molecule has 0 radical (unpaired) electrons. The highest BCUT2D eigenvalue weighted by molar-refractivity contribution is 5.90. The van der Waals surface area contributed by atoms with Crippen LogP contribution in [-0.4, -0.2) is 50.2 Å². The van der Waals surface area contributed by atoms with Crippen molar-refractivity contribution in [2.45, 2.75) is 38.5 Å². The van der Waals surface area contributed by atoms with E-state index in [2.05, 4.69) is 10.6 Å². The van der Waals surface area contributed by atoms with Crippen LogP contribution in [0.25, 0.3) is 0 Å². The van der Waals surface area contributed by atoms with Crippen LogP contribution in [0.4, 0.5) is 4.79 Å². The molecule has 0 saturated heterocycles. The van der Waals surface area contributed by atoms with Gasteiger partial charge in [0.05, 0.1) is 20.1 Å². The summed E-state index contributed by atoms with van der Waals surface area (Å²) in [5.41, 5.74) is 1.59. The lowest BCUT2D eigenvalue weighted by Crippen LogP contribution is -2.53. The van der Waals surface area contributed by atoms with Crippen molar-refractivity contribution >= 4 is 23.9 Å². The normalized spacial score (nSPS) is 13.0. The molecule has 0 bridgehead atoms. The molecular formula is C25H30N2O7. The molecule has 0 saturated carbocycles. The fourth-order valence-corrected chi connectivity index (χ4v) is 3.25. The zero-order valence-electron chi connectivity index (χ0n) is 19.5. The Morgan fingerprint density at radius 2 is 1.32 bits per heavy atom. The predicted octanol–water partition coefficient (Wildman–Crippen LogP) is 2.38. The second-order valence-corrected chi connectivity index (χ2v) is 7.69. The number of methoxy groups -OCH3 is 2. The number of esters is 2. The van der Waals surface area contributed by atoms with Crippen molar-refractivity contribution in [2.24, 2.45) is 5.92 Å². The van der Waals surface area contributed by atoms with E-state index in [0.717, 1.165) is 11.1 Å². The number of carbonyl (C=O) groups excluding carboxylic acids is 4. The van der Waals surface area contributed by atoms with Crippen LogP contribution in [0.1, 0.15) is 24.5 Å². The minimum atomic E-state index is -1.10. The van der Waals surface area contributed by atoms with Gasteiger partial charge < -0.3 is 24.8 Å². The number of ether oxygens (including phenoxy) is 3. The Morgan fingerprint density at radius 3 is 1.88 bits per heavy atom. The zero-order valence-corrected chi connectivity index (χ0v) is 19.5. The molecule has 2 rings (SSSR count). The number of nitrogens with one attached hydrogen (secondary N) is 2. The summed E-state index contributed by atoms with van der Waals surface area (Å²) in [5, 5.41) is 5.15. The van der Waals surface area contributed by atoms with Gasteiger partial charge in [-0.15, -0.1) is 0 Å². The Balaban J connectivity index is 2.11. The molecule has 2 amide bonds. The summed E-state index contributed by atoms with van der Waals surface area (Å²) in [6.45, 7) is 1.61. The monoisotopic (exact) mass is 470 g/mol. The maximum atomic E-state index is 13.1. The molecular weight excluding hydrogens is 440 g/mol. The number of carbonyl (C=O) groups is 4. The first-order valence-corrected chi connectivity index (χ1v) is 10.8. The topological polar surface area (TPSA) is 120 Å². The van der Waals surface area contributed by atoms with Crippen molar-refractivity contribution in [1.29, 1.82) is 0 Å². The molecule has 0 heterocycles. The first kappa shape index (κ1) is 26.4. The molecule has 2 N–H and O–H groups in total. The lowest BCUT2D eigenvalue weighted by atomic mass is 10.0. The van der Waals surface area contributed by atoms with Gasteiger partial charge in [0.2, 0.25) is 5.91 Å². The highest BCUT2D eigenvalue weighted by atomic mass is 16.5. The lowest BCUT2D eigenvalue weighted by Gasteiger charge is -2.23. The van der Waals surface area contributed by atoms with Crippen molar-refractivity contribution in [3.05, 3.63) is 71.8 Å². The molecule has 2 aromatic carbocycles. The van der Waals surface area contributed by atoms with Crippen LogP contribution in [0.3, 0.4) is 0 Å². The summed E-state index contributed by atoms with van der Waals surface area (Å²) in [6, 6.07) is 16.1. The Morgan fingerprint density at radius 1 is 0.765 bits per heavy atom. The molecule has 9 heteroatoms. The fraction of sp³-hybridized carbons (Fsp3) is 0.360. The van der Waals surface area contributed by atoms with Gasteiger partial charge in [0.1, 0.15) is 18.7 Å². The first-order chi connectivity index (χ1) is 16.3. The van der Waals surface area contributed by atoms with Crippen molar-refractivity contribution in [3.63, 3.8) is 0 Å². The van der Waals surface area contributed by atoms with E-state index in [4.69, 9.17) is 14.2 Å². The van der Waals surface area contributed by atoms with Gasteiger partial charge in [-0.05, 0) is 17.5 Å². The highest BCUT2D eigenvalue weighted by Crippen LogP contribution is 2.11. The van der Waals surface area contributed by atoms with Crippen LogP contribution in [0.2, 0.25) is 0 Å². The average molecular weight is 471 g/mol. The van der Waals surface area contributed by atoms with Crippen molar-refractivity contribution in [2.75, 3.05) is 14.2 Å². The molecule has 0 aliphatic rings. The van der Waals surface area contributed by atoms with E-state index in [1.165, 1.54) is 14.2 Å². The summed E-state index contributed by atoms with van der Waals surface area (Å²) in [5.74, 6) is -2.51. The lowest BCUT2D eigenvalue weighted by molar-refractivity contribution is -0.149. The fourth-order valence-electron chi connectivity index (χ4n) is 3.25. The first-order valence-electron chi connectivity index (χ1n) is 10.8. The second kappa shape index (κ2) is 13.6. The van der Waals surface area contributed by atoms with Crippen LogP contribution in [0.15, 0.2) is 60.7 Å². The maximum absolute atomic E-state index is 13.1. The summed E-state index contributed by atoms with van der Waals surface area (Å²) in [6.07, 6.45) is -0.646. The van der Waals surface area contributed by atoms with Gasteiger partial charge in [0, 0.05) is 6.42 Å². The number of hydrogen-bond acceptors (Lipinski definition) is 7. The van der Waals surface area contributed by atoms with Gasteiger partial charge in [-0.1, -0.05) is 67.6 Å². The largest absolute Gasteiger partial charge is 0.469 e. The molecule has 2 aromatic rings. The zero-order chi connectivity index (χ0) is 24.9. The Kier molecular flexibility index (Phi) is 10.6. The average Bonchev–Trinajstić information content (AvgIpc) is 2.86. The Labute approximate surface area is 198 Å². The quantitative estimate of drug-likeness (QED) is 0.382. The van der Waals surface area contributed by atoms with E-state index >= 15 is 0 Å². The minimum absolute atomic E-state index is 0.0262. The number of amides is 2. The molecule has 0 aliphatic heterocycles. The molecule has 0 aromatic heterocycles. The van der Waals surface area contributed by atoms with E-state index in [9.17, 15) is 19.2 Å². The third-order valence-corrected chi connectivity index (χ3v) is 5.10. The van der Waals surface area contributed by atoms with Gasteiger partial charge in [-0.3, -0.25) is 9.59 Å². The minimum Gasteiger partial charge on any atom is -0.469 e. The van der Waals surface area contributed by atoms with Gasteiger partial charge in [-0.2, -0.15) is 0 Å². The van der Waals surface area contributed by atoms with Gasteiger partial charge in [0.25, 0.3) is 0 Å². The van der Waals surface area contributed by atoms with E-state index in [0.29, 0.717) is 0 Å². The summed E-state index contributed by atoms with van der Waals surface area (Å²) < 4.78 is 14.7. The number of rotatable bonds is 11. The predicted molar refractivity (Wildman–Crippen MR) is 123 cm³/mol. The van der Waals surface area contributed by atoms with Crippen molar-refractivity contribution in [3.8, 4) is 0 Å². The number of benzene rings is 2. The smallest absolute Gasteiger partial charge is 0.408 e. The summed E-state index contributed by atoms with van der Waals surface area (Å²) >= 11 is 0. The van der Waals surface area contributed by atoms with Crippen molar-refractivity contribution < 1.29 is 33.4 Å². The van der Waals surface area contributed by atoms with Crippen LogP contribution in [0, 0.1) is 5.92 Å². The Hall–Kier alpha value is -3.88. The summed E-state index contributed by atoms with van der Waals surface area (Å²) in [4.78, 5) is 49.6. The number of alkyl carbamates (subject to hydrolysis) is 1. The van der Waals surface area contributed by atoms with Crippen LogP contribution >= 0.6 is 0 Å². The number of hydrogen-bond donors (Lipinski definition) is 2. The molecule has 182 valence electrons. The molecule has 34 heavy (non-hydrogen) atoms. The third kappa shape index (κ3) is 8.57. The SMILES string of the molecule is COC(=O)[C@@H](C)C[C@@H](NC(=O)[C@@H](Cc1ccccc1)NC(=O)OCc1ccccc1)C(=O)OC. The van der Waals surface area contributed by atoms with Crippen LogP contribution in [-0.2, 0) is 41.6 Å².